The molecule has 12 heavy (non-hydrogen) atoms. The summed E-state index contributed by atoms with van der Waals surface area (Å²) in [7, 11) is 0. The summed E-state index contributed by atoms with van der Waals surface area (Å²) < 4.78 is 0. The van der Waals surface area contributed by atoms with Crippen LogP contribution in [0.15, 0.2) is 0 Å². The molecule has 0 saturated carbocycles. The maximum Gasteiger partial charge on any atom is 2.00 e. The third-order valence-corrected chi connectivity index (χ3v) is 1.00. The third kappa shape index (κ3) is 8.22. The first-order chi connectivity index (χ1) is 5.20. The Balaban J connectivity index is -0.000000167. The molecule has 0 saturated heterocycles. The SMILES string of the molecule is CCON(CCN)CC(=O)O.[H-].[H-].[Mg+2]. The smallest absolute Gasteiger partial charge is 1.00 e. The van der Waals surface area contributed by atoms with Crippen LogP contribution in [0.5, 0.6) is 0 Å². The zero-order valence-electron chi connectivity index (χ0n) is 9.32. The third-order valence-electron chi connectivity index (χ3n) is 1.00. The van der Waals surface area contributed by atoms with Crippen molar-refractivity contribution in [1.29, 1.82) is 0 Å². The minimum absolute atomic E-state index is 0. The van der Waals surface area contributed by atoms with Crippen molar-refractivity contribution in [3.63, 3.8) is 0 Å². The molecule has 0 amide bonds. The molecule has 70 valence electrons. The van der Waals surface area contributed by atoms with Crippen molar-refractivity contribution in [2.75, 3.05) is 26.2 Å². The molecule has 0 unspecified atom stereocenters. The van der Waals surface area contributed by atoms with Crippen LogP contribution < -0.4 is 5.73 Å². The molecule has 0 spiro atoms. The molecule has 0 aromatic rings. The second-order valence-electron chi connectivity index (χ2n) is 1.96. The molecule has 0 aromatic heterocycles. The average molecular weight is 189 g/mol. The molecular weight excluding hydrogens is 172 g/mol. The summed E-state index contributed by atoms with van der Waals surface area (Å²) in [6, 6.07) is 0. The van der Waals surface area contributed by atoms with Crippen LogP contribution in [0.2, 0.25) is 0 Å². The Hall–Kier alpha value is 0.116. The van der Waals surface area contributed by atoms with Crippen LogP contribution in [-0.4, -0.2) is 65.4 Å². The van der Waals surface area contributed by atoms with Gasteiger partial charge in [-0.05, 0) is 6.92 Å². The van der Waals surface area contributed by atoms with E-state index in [0.717, 1.165) is 0 Å². The summed E-state index contributed by atoms with van der Waals surface area (Å²) in [5.74, 6) is -0.910. The maximum atomic E-state index is 10.2. The molecule has 0 radical (unpaired) electrons. The minimum Gasteiger partial charge on any atom is -1.00 e. The zero-order chi connectivity index (χ0) is 8.69. The normalized spacial score (nSPS) is 9.58. The minimum atomic E-state index is -0.910. The molecule has 0 aromatic carbocycles. The van der Waals surface area contributed by atoms with Crippen molar-refractivity contribution in [3.05, 3.63) is 0 Å². The van der Waals surface area contributed by atoms with Gasteiger partial charge in [-0.3, -0.25) is 9.63 Å². The van der Waals surface area contributed by atoms with Gasteiger partial charge in [-0.25, -0.2) is 0 Å². The van der Waals surface area contributed by atoms with Crippen molar-refractivity contribution in [2.24, 2.45) is 5.73 Å². The van der Waals surface area contributed by atoms with Gasteiger partial charge < -0.3 is 13.7 Å². The van der Waals surface area contributed by atoms with Crippen LogP contribution in [-0.2, 0) is 9.63 Å². The number of nitrogens with zero attached hydrogens (tertiary/aromatic N) is 1. The molecule has 0 atom stereocenters. The Morgan fingerprint density at radius 1 is 1.75 bits per heavy atom. The Morgan fingerprint density at radius 2 is 2.33 bits per heavy atom. The molecule has 6 heteroatoms. The predicted octanol–water partition coefficient (Wildman–Crippen LogP) is -0.873. The van der Waals surface area contributed by atoms with Crippen LogP contribution in [0.1, 0.15) is 9.78 Å². The number of aliphatic carboxylic acids is 1. The van der Waals surface area contributed by atoms with Gasteiger partial charge >= 0.3 is 29.0 Å². The van der Waals surface area contributed by atoms with E-state index in [4.69, 9.17) is 15.7 Å². The van der Waals surface area contributed by atoms with Crippen LogP contribution >= 0.6 is 0 Å². The van der Waals surface area contributed by atoms with E-state index in [-0.39, 0.29) is 32.5 Å². The Kier molecular flexibility index (Phi) is 11.2. The van der Waals surface area contributed by atoms with Crippen molar-refractivity contribution < 1.29 is 17.6 Å². The number of hydrogen-bond acceptors (Lipinski definition) is 4. The van der Waals surface area contributed by atoms with E-state index in [1.807, 2.05) is 0 Å². The molecule has 0 bridgehead atoms. The monoisotopic (exact) mass is 188 g/mol. The fourth-order valence-electron chi connectivity index (χ4n) is 0.667. The standard InChI is InChI=1S/C6H14N2O3.Mg.2H/c1-2-11-8(4-3-7)5-6(9)10;;;/h2-5,7H2,1H3,(H,9,10);;;/q;+2;2*-1. The summed E-state index contributed by atoms with van der Waals surface area (Å²) in [6.07, 6.45) is 0. The summed E-state index contributed by atoms with van der Waals surface area (Å²) in [4.78, 5) is 15.2. The number of carboxylic acid groups (broad SMARTS) is 1. The van der Waals surface area contributed by atoms with Crippen LogP contribution in [0.4, 0.5) is 0 Å². The number of hydroxylamine groups is 2. The molecule has 0 aliphatic rings. The zero-order valence-corrected chi connectivity index (χ0v) is 8.74. The molecular formula is C6H16MgN2O3. The van der Waals surface area contributed by atoms with E-state index >= 15 is 0 Å². The summed E-state index contributed by atoms with van der Waals surface area (Å²) >= 11 is 0. The van der Waals surface area contributed by atoms with Gasteiger partial charge in [0.05, 0.1) is 6.61 Å². The first kappa shape index (κ1) is 14.6. The van der Waals surface area contributed by atoms with E-state index in [2.05, 4.69) is 0 Å². The van der Waals surface area contributed by atoms with Gasteiger partial charge in [0.1, 0.15) is 6.54 Å². The predicted molar refractivity (Wildman–Crippen MR) is 47.9 cm³/mol. The van der Waals surface area contributed by atoms with Crippen LogP contribution in [0.3, 0.4) is 0 Å². The van der Waals surface area contributed by atoms with Gasteiger partial charge in [-0.2, -0.15) is 5.06 Å². The van der Waals surface area contributed by atoms with Crippen molar-refractivity contribution >= 4 is 29.0 Å². The number of nitrogens with two attached hydrogens (primary N) is 1. The van der Waals surface area contributed by atoms with E-state index in [1.165, 1.54) is 5.06 Å². The fraction of sp³-hybridized carbons (Fsp3) is 0.833. The maximum absolute atomic E-state index is 10.2. The second-order valence-corrected chi connectivity index (χ2v) is 1.96. The molecule has 3 N–H and O–H groups in total. The second kappa shape index (κ2) is 9.21. The summed E-state index contributed by atoms with van der Waals surface area (Å²) in [6.45, 7) is 2.98. The Morgan fingerprint density at radius 3 is 2.67 bits per heavy atom. The Bertz CT molecular complexity index is 126. The number of rotatable bonds is 6. The van der Waals surface area contributed by atoms with Crippen molar-refractivity contribution in [1.82, 2.24) is 5.06 Å². The van der Waals surface area contributed by atoms with Gasteiger partial charge in [0.15, 0.2) is 0 Å². The number of carbonyl (C=O) groups is 1. The van der Waals surface area contributed by atoms with Gasteiger partial charge in [-0.1, -0.05) is 0 Å². The van der Waals surface area contributed by atoms with Gasteiger partial charge in [0, 0.05) is 13.1 Å². The molecule has 0 aliphatic heterocycles. The Labute approximate surface area is 90.9 Å². The molecule has 0 rings (SSSR count). The molecule has 0 fully saturated rings. The van der Waals surface area contributed by atoms with Gasteiger partial charge in [0.25, 0.3) is 0 Å². The van der Waals surface area contributed by atoms with E-state index in [0.29, 0.717) is 19.7 Å². The number of hydrogen-bond donors (Lipinski definition) is 2. The van der Waals surface area contributed by atoms with E-state index in [9.17, 15) is 4.79 Å². The van der Waals surface area contributed by atoms with E-state index in [1.54, 1.807) is 6.92 Å². The molecule has 5 nitrogen and oxygen atoms in total. The van der Waals surface area contributed by atoms with Crippen LogP contribution in [0.25, 0.3) is 0 Å². The largest absolute Gasteiger partial charge is 2.00 e. The van der Waals surface area contributed by atoms with Crippen LogP contribution in [0, 0.1) is 0 Å². The van der Waals surface area contributed by atoms with Crippen molar-refractivity contribution in [3.8, 4) is 0 Å². The van der Waals surface area contributed by atoms with E-state index < -0.39 is 5.97 Å². The molecule has 0 heterocycles. The summed E-state index contributed by atoms with van der Waals surface area (Å²) in [5, 5.41) is 9.71. The topological polar surface area (TPSA) is 75.8 Å². The molecule has 0 aliphatic carbocycles. The number of carboxylic acids is 1. The first-order valence-electron chi connectivity index (χ1n) is 3.50. The first-order valence-corrected chi connectivity index (χ1v) is 3.50. The fourth-order valence-corrected chi connectivity index (χ4v) is 0.667. The van der Waals surface area contributed by atoms with Gasteiger partial charge in [0.2, 0.25) is 0 Å². The van der Waals surface area contributed by atoms with Crippen molar-refractivity contribution in [2.45, 2.75) is 6.92 Å². The average Bonchev–Trinajstić information content (AvgIpc) is 1.87. The van der Waals surface area contributed by atoms with Gasteiger partial charge in [-0.15, -0.1) is 0 Å². The quantitative estimate of drug-likeness (QED) is 0.419. The summed E-state index contributed by atoms with van der Waals surface area (Å²) in [5.41, 5.74) is 5.22.